The van der Waals surface area contributed by atoms with E-state index in [1.165, 1.54) is 12.1 Å². The summed E-state index contributed by atoms with van der Waals surface area (Å²) in [5, 5.41) is 15.9. The van der Waals surface area contributed by atoms with E-state index in [0.717, 1.165) is 17.7 Å². The summed E-state index contributed by atoms with van der Waals surface area (Å²) >= 11 is 5.41. The van der Waals surface area contributed by atoms with Gasteiger partial charge in [0.1, 0.15) is 0 Å². The van der Waals surface area contributed by atoms with Gasteiger partial charge < -0.3 is 10.4 Å². The van der Waals surface area contributed by atoms with Crippen LogP contribution < -0.4 is 15.0 Å². The number of rotatable bonds is 4. The van der Waals surface area contributed by atoms with Crippen LogP contribution in [0, 0.1) is 6.92 Å². The Morgan fingerprint density at radius 3 is 2.24 bits per heavy atom. The van der Waals surface area contributed by atoms with Gasteiger partial charge in [-0.2, -0.15) is 17.7 Å². The molecule has 1 aromatic heterocycles. The van der Waals surface area contributed by atoms with Crippen LogP contribution >= 0.6 is 12.2 Å². The third-order valence-corrected chi connectivity index (χ3v) is 4.46. The highest BCUT2D eigenvalue weighted by Gasteiger charge is 2.30. The minimum Gasteiger partial charge on any atom is -0.867 e. The van der Waals surface area contributed by atoms with E-state index in [-0.39, 0.29) is 22.1 Å². The number of hydrogen-bond donors (Lipinski definition) is 1. The Kier molecular flexibility index (Phi) is 5.98. The van der Waals surface area contributed by atoms with Crippen molar-refractivity contribution in [3.05, 3.63) is 95.8 Å². The molecule has 29 heavy (non-hydrogen) atoms. The highest BCUT2D eigenvalue weighted by atomic mass is 32.1. The van der Waals surface area contributed by atoms with E-state index in [2.05, 4.69) is 5.32 Å². The van der Waals surface area contributed by atoms with Crippen molar-refractivity contribution in [3.8, 4) is 0 Å². The highest BCUT2D eigenvalue weighted by molar-refractivity contribution is 7.81. The summed E-state index contributed by atoms with van der Waals surface area (Å²) in [6.45, 7) is 1.91. The lowest BCUT2D eigenvalue weighted by atomic mass is 10.1. The third-order valence-electron chi connectivity index (χ3n) is 4.17. The molecule has 0 unspecified atom stereocenters. The monoisotopic (exact) mass is 414 g/mol. The number of aryl methyl sites for hydroxylation is 1. The quantitative estimate of drug-likeness (QED) is 0.297. The van der Waals surface area contributed by atoms with E-state index in [0.29, 0.717) is 5.56 Å². The molecule has 0 aliphatic carbocycles. The number of benzene rings is 2. The maximum Gasteiger partial charge on any atom is 0.416 e. The van der Waals surface area contributed by atoms with Crippen molar-refractivity contribution < 1.29 is 22.8 Å². The maximum absolute atomic E-state index is 13.1. The second-order valence-electron chi connectivity index (χ2n) is 6.36. The molecule has 1 heterocycles. The molecule has 3 nitrogen and oxygen atoms in total. The van der Waals surface area contributed by atoms with Gasteiger partial charge in [-0.25, -0.2) is 0 Å². The maximum atomic E-state index is 13.1. The van der Waals surface area contributed by atoms with E-state index in [1.54, 1.807) is 47.3 Å². The summed E-state index contributed by atoms with van der Waals surface area (Å²) in [4.78, 5) is 0.0195. The average molecular weight is 414 g/mol. The number of alkyl halides is 3. The number of thiocarbonyl (C=S) groups is 1. The Labute approximate surface area is 171 Å². The molecule has 0 spiro atoms. The molecule has 2 aromatic carbocycles. The standard InChI is InChI=1S/C22H17F3N2OS/c1-15-8-10-16(11-9-15)20(28)19(27-12-3-2-4-13-27)21(29)26-18-7-5-6-17(14-18)22(23,24)25/h2-14H,1H3,(H-,26,28,29). The molecular weight excluding hydrogens is 397 g/mol. The number of pyridine rings is 1. The first-order chi connectivity index (χ1) is 13.8. The van der Waals surface area contributed by atoms with Gasteiger partial charge in [0.05, 0.1) is 5.56 Å². The van der Waals surface area contributed by atoms with Crippen molar-refractivity contribution in [2.75, 3.05) is 5.32 Å². The van der Waals surface area contributed by atoms with Crippen molar-refractivity contribution in [1.82, 2.24) is 0 Å². The molecule has 0 aliphatic heterocycles. The number of hydrogen-bond acceptors (Lipinski definition) is 2. The van der Waals surface area contributed by atoms with Crippen molar-refractivity contribution in [2.45, 2.75) is 13.1 Å². The summed E-state index contributed by atoms with van der Waals surface area (Å²) in [6, 6.07) is 16.9. The fraction of sp³-hybridized carbons (Fsp3) is 0.0909. The SMILES string of the molecule is Cc1ccc(/C([O-])=C(\C(=S)Nc2cccc(C(F)(F)F)c2)[n+]2ccccc2)cc1. The second kappa shape index (κ2) is 8.45. The predicted molar refractivity (Wildman–Crippen MR) is 109 cm³/mol. The topological polar surface area (TPSA) is 39.0 Å². The predicted octanol–water partition coefficient (Wildman–Crippen LogP) is 4.43. The van der Waals surface area contributed by atoms with Gasteiger partial charge in [-0.3, -0.25) is 0 Å². The molecule has 0 radical (unpaired) electrons. The lowest BCUT2D eigenvalue weighted by Gasteiger charge is -2.17. The lowest BCUT2D eigenvalue weighted by molar-refractivity contribution is -0.577. The molecule has 7 heteroatoms. The zero-order valence-electron chi connectivity index (χ0n) is 15.4. The van der Waals surface area contributed by atoms with Gasteiger partial charge in [0, 0.05) is 17.8 Å². The first kappa shape index (κ1) is 20.5. The molecule has 0 saturated carbocycles. The number of anilines is 1. The van der Waals surface area contributed by atoms with Crippen LogP contribution in [-0.4, -0.2) is 4.99 Å². The van der Waals surface area contributed by atoms with Gasteiger partial charge in [0.25, 0.3) is 0 Å². The summed E-state index contributed by atoms with van der Waals surface area (Å²) in [7, 11) is 0. The van der Waals surface area contributed by atoms with Gasteiger partial charge in [0.15, 0.2) is 17.4 Å². The molecule has 0 amide bonds. The summed E-state index contributed by atoms with van der Waals surface area (Å²) in [5.74, 6) is -0.342. The van der Waals surface area contributed by atoms with Crippen LogP contribution in [0.2, 0.25) is 0 Å². The van der Waals surface area contributed by atoms with Crippen LogP contribution in [0.3, 0.4) is 0 Å². The smallest absolute Gasteiger partial charge is 0.416 e. The van der Waals surface area contributed by atoms with E-state index in [1.807, 2.05) is 19.1 Å². The lowest BCUT2D eigenvalue weighted by Crippen LogP contribution is -2.39. The Morgan fingerprint density at radius 2 is 1.62 bits per heavy atom. The Hall–Kier alpha value is -3.19. The van der Waals surface area contributed by atoms with Crippen LogP contribution in [0.4, 0.5) is 18.9 Å². The summed E-state index contributed by atoms with van der Waals surface area (Å²) in [5.41, 5.74) is 0.914. The van der Waals surface area contributed by atoms with Crippen molar-refractivity contribution in [2.24, 2.45) is 0 Å². The Balaban J connectivity index is 2.02. The van der Waals surface area contributed by atoms with Crippen LogP contribution in [0.1, 0.15) is 16.7 Å². The zero-order chi connectivity index (χ0) is 21.0. The first-order valence-electron chi connectivity index (χ1n) is 8.69. The van der Waals surface area contributed by atoms with E-state index in [4.69, 9.17) is 12.2 Å². The van der Waals surface area contributed by atoms with E-state index < -0.39 is 11.7 Å². The summed E-state index contributed by atoms with van der Waals surface area (Å²) < 4.78 is 40.5. The number of nitrogens with zero attached hydrogens (tertiary/aromatic N) is 1. The minimum absolute atomic E-state index is 0.0195. The van der Waals surface area contributed by atoms with E-state index in [9.17, 15) is 18.3 Å². The fourth-order valence-electron chi connectivity index (χ4n) is 2.69. The van der Waals surface area contributed by atoms with Crippen molar-refractivity contribution >= 4 is 34.3 Å². The normalized spacial score (nSPS) is 12.3. The zero-order valence-corrected chi connectivity index (χ0v) is 16.2. The Morgan fingerprint density at radius 1 is 0.966 bits per heavy atom. The molecule has 0 fully saturated rings. The number of aromatic nitrogens is 1. The molecule has 3 aromatic rings. The first-order valence-corrected chi connectivity index (χ1v) is 9.10. The molecular formula is C22H17F3N2OS. The second-order valence-corrected chi connectivity index (χ2v) is 6.77. The van der Waals surface area contributed by atoms with Crippen LogP contribution in [0.5, 0.6) is 0 Å². The molecule has 0 bridgehead atoms. The van der Waals surface area contributed by atoms with Gasteiger partial charge >= 0.3 is 6.18 Å². The molecule has 0 atom stereocenters. The fourth-order valence-corrected chi connectivity index (χ4v) is 3.01. The molecule has 148 valence electrons. The molecule has 0 aliphatic rings. The van der Waals surface area contributed by atoms with Crippen LogP contribution in [-0.2, 0) is 6.18 Å². The van der Waals surface area contributed by atoms with Crippen LogP contribution in [0.25, 0.3) is 11.5 Å². The average Bonchev–Trinajstić information content (AvgIpc) is 2.69. The number of nitrogens with one attached hydrogen (secondary N) is 1. The van der Waals surface area contributed by atoms with Crippen molar-refractivity contribution in [1.29, 1.82) is 0 Å². The highest BCUT2D eigenvalue weighted by Crippen LogP contribution is 2.31. The largest absolute Gasteiger partial charge is 0.867 e. The minimum atomic E-state index is -4.47. The third kappa shape index (κ3) is 5.00. The van der Waals surface area contributed by atoms with Gasteiger partial charge in [-0.05, 0) is 36.4 Å². The Bertz CT molecular complexity index is 1050. The van der Waals surface area contributed by atoms with Gasteiger partial charge in [0.2, 0.25) is 5.70 Å². The van der Waals surface area contributed by atoms with Gasteiger partial charge in [-0.1, -0.05) is 54.2 Å². The van der Waals surface area contributed by atoms with Gasteiger partial charge in [-0.15, -0.1) is 0 Å². The summed E-state index contributed by atoms with van der Waals surface area (Å²) in [6.07, 6.45) is -1.17. The van der Waals surface area contributed by atoms with Crippen LogP contribution in [0.15, 0.2) is 79.1 Å². The number of halogens is 3. The van der Waals surface area contributed by atoms with Crippen molar-refractivity contribution in [3.63, 3.8) is 0 Å². The van der Waals surface area contributed by atoms with E-state index >= 15 is 0 Å². The molecule has 3 rings (SSSR count). The molecule has 1 N–H and O–H groups in total. The molecule has 0 saturated heterocycles.